The Kier molecular flexibility index (Phi) is 5.19. The zero-order chi connectivity index (χ0) is 17.2. The molecule has 1 aromatic rings. The highest BCUT2D eigenvalue weighted by Gasteiger charge is 2.35. The van der Waals surface area contributed by atoms with Crippen LogP contribution in [0, 0.1) is 0 Å². The molecule has 1 saturated heterocycles. The van der Waals surface area contributed by atoms with Crippen molar-refractivity contribution >= 4 is 15.7 Å². The Labute approximate surface area is 141 Å². The van der Waals surface area contributed by atoms with E-state index in [9.17, 15) is 13.2 Å². The van der Waals surface area contributed by atoms with Gasteiger partial charge in [-0.05, 0) is 32.6 Å². The first-order chi connectivity index (χ1) is 11.5. The topological polar surface area (TPSA) is 103 Å². The number of fused-ring (bicyclic) bond motifs is 1. The van der Waals surface area contributed by atoms with Crippen LogP contribution in [0.25, 0.3) is 0 Å². The molecule has 8 nitrogen and oxygen atoms in total. The predicted molar refractivity (Wildman–Crippen MR) is 86.2 cm³/mol. The molecule has 2 aliphatic rings. The molecule has 3 rings (SSSR count). The quantitative estimate of drug-likeness (QED) is 0.822. The third-order valence-electron chi connectivity index (χ3n) is 4.69. The van der Waals surface area contributed by atoms with Gasteiger partial charge in [0.05, 0.1) is 6.10 Å². The maximum absolute atomic E-state index is 12.8. The van der Waals surface area contributed by atoms with Gasteiger partial charge < -0.3 is 14.6 Å². The van der Waals surface area contributed by atoms with Crippen LogP contribution in [-0.2, 0) is 32.3 Å². The van der Waals surface area contributed by atoms with Crippen LogP contribution in [0.15, 0.2) is 5.16 Å². The van der Waals surface area contributed by atoms with Crippen molar-refractivity contribution in [3.05, 3.63) is 5.82 Å². The number of hydrogen-bond donors (Lipinski definition) is 1. The molecule has 2 unspecified atom stereocenters. The van der Waals surface area contributed by atoms with Gasteiger partial charge in [-0.1, -0.05) is 6.42 Å². The van der Waals surface area contributed by atoms with Gasteiger partial charge in [0.15, 0.2) is 0 Å². The Hall–Kier alpha value is -1.48. The molecule has 1 amide bonds. The van der Waals surface area contributed by atoms with Crippen LogP contribution in [0.3, 0.4) is 0 Å². The Morgan fingerprint density at radius 3 is 2.92 bits per heavy atom. The summed E-state index contributed by atoms with van der Waals surface area (Å²) in [6.45, 7) is 3.02. The first-order valence-electron chi connectivity index (χ1n) is 8.55. The summed E-state index contributed by atoms with van der Waals surface area (Å²) in [6.07, 6.45) is 5.48. The van der Waals surface area contributed by atoms with E-state index in [4.69, 9.17) is 4.74 Å². The van der Waals surface area contributed by atoms with E-state index in [1.54, 1.807) is 4.57 Å². The summed E-state index contributed by atoms with van der Waals surface area (Å²) in [7, 11) is -3.86. The first-order valence-corrected chi connectivity index (χ1v) is 10.1. The van der Waals surface area contributed by atoms with E-state index in [0.29, 0.717) is 25.5 Å². The monoisotopic (exact) mass is 356 g/mol. The van der Waals surface area contributed by atoms with Crippen LogP contribution in [-0.4, -0.2) is 53.6 Å². The lowest BCUT2D eigenvalue weighted by Crippen LogP contribution is -2.41. The lowest BCUT2D eigenvalue weighted by atomic mass is 10.2. The average Bonchev–Trinajstić information content (AvgIpc) is 3.17. The highest BCUT2D eigenvalue weighted by molar-refractivity contribution is 7.92. The van der Waals surface area contributed by atoms with Gasteiger partial charge in [-0.2, -0.15) is 0 Å². The number of ether oxygens (including phenoxy) is 1. The van der Waals surface area contributed by atoms with E-state index < -0.39 is 21.0 Å². The fraction of sp³-hybridized carbons (Fsp3) is 0.800. The molecule has 0 aliphatic carbocycles. The normalized spacial score (nSPS) is 22.6. The number of sulfone groups is 1. The smallest absolute Gasteiger partial charge is 0.250 e. The number of rotatable bonds is 5. The molecular formula is C15H24N4O4S. The minimum Gasteiger partial charge on any atom is -0.376 e. The maximum Gasteiger partial charge on any atom is 0.250 e. The summed E-state index contributed by atoms with van der Waals surface area (Å²) in [6, 6.07) is 0. The molecule has 2 aliphatic heterocycles. The van der Waals surface area contributed by atoms with E-state index >= 15 is 0 Å². The van der Waals surface area contributed by atoms with Gasteiger partial charge in [0, 0.05) is 26.1 Å². The van der Waals surface area contributed by atoms with E-state index in [-0.39, 0.29) is 11.3 Å². The molecule has 0 radical (unpaired) electrons. The molecule has 9 heteroatoms. The van der Waals surface area contributed by atoms with Crippen molar-refractivity contribution in [3.8, 4) is 0 Å². The van der Waals surface area contributed by atoms with Gasteiger partial charge >= 0.3 is 0 Å². The van der Waals surface area contributed by atoms with Crippen molar-refractivity contribution < 1.29 is 17.9 Å². The minimum absolute atomic E-state index is 0.0202. The van der Waals surface area contributed by atoms with Crippen LogP contribution < -0.4 is 5.32 Å². The minimum atomic E-state index is -3.86. The molecule has 0 saturated carbocycles. The van der Waals surface area contributed by atoms with Gasteiger partial charge in [0.1, 0.15) is 11.1 Å². The lowest BCUT2D eigenvalue weighted by molar-refractivity contribution is -0.120. The third kappa shape index (κ3) is 3.46. The number of hydrogen-bond acceptors (Lipinski definition) is 6. The second-order valence-electron chi connectivity index (χ2n) is 6.43. The summed E-state index contributed by atoms with van der Waals surface area (Å²) < 4.78 is 32.7. The highest BCUT2D eigenvalue weighted by Crippen LogP contribution is 2.20. The number of aromatic nitrogens is 3. The Morgan fingerprint density at radius 1 is 1.33 bits per heavy atom. The molecule has 134 valence electrons. The van der Waals surface area contributed by atoms with E-state index in [0.717, 1.165) is 38.5 Å². The van der Waals surface area contributed by atoms with Crippen molar-refractivity contribution in [3.63, 3.8) is 0 Å². The fourth-order valence-electron chi connectivity index (χ4n) is 3.13. The average molecular weight is 356 g/mol. The summed E-state index contributed by atoms with van der Waals surface area (Å²) >= 11 is 0. The van der Waals surface area contributed by atoms with Crippen LogP contribution in [0.4, 0.5) is 0 Å². The van der Waals surface area contributed by atoms with Crippen LogP contribution in [0.1, 0.15) is 44.9 Å². The van der Waals surface area contributed by atoms with E-state index in [2.05, 4.69) is 15.5 Å². The zero-order valence-corrected chi connectivity index (χ0v) is 14.7. The van der Waals surface area contributed by atoms with Crippen molar-refractivity contribution in [2.24, 2.45) is 0 Å². The Balaban J connectivity index is 1.72. The second-order valence-corrected chi connectivity index (χ2v) is 8.59. The van der Waals surface area contributed by atoms with Crippen LogP contribution in [0.5, 0.6) is 0 Å². The maximum atomic E-state index is 12.8. The Bertz CT molecular complexity index is 694. The lowest BCUT2D eigenvalue weighted by Gasteiger charge is -2.15. The molecule has 0 aromatic carbocycles. The number of aryl methyl sites for hydroxylation is 1. The van der Waals surface area contributed by atoms with Gasteiger partial charge in [0.25, 0.3) is 5.16 Å². The molecular weight excluding hydrogens is 332 g/mol. The number of nitrogens with one attached hydrogen (secondary N) is 1. The van der Waals surface area contributed by atoms with E-state index in [1.807, 2.05) is 0 Å². The van der Waals surface area contributed by atoms with Crippen molar-refractivity contribution in [2.75, 3.05) is 13.2 Å². The van der Waals surface area contributed by atoms with Crippen molar-refractivity contribution in [2.45, 2.75) is 68.5 Å². The predicted octanol–water partition coefficient (Wildman–Crippen LogP) is 0.462. The number of carbonyl (C=O) groups excluding carboxylic acids is 1. The summed E-state index contributed by atoms with van der Waals surface area (Å²) in [4.78, 5) is 12.3. The third-order valence-corrected chi connectivity index (χ3v) is 6.65. The first kappa shape index (κ1) is 17.3. The van der Waals surface area contributed by atoms with Crippen LogP contribution >= 0.6 is 0 Å². The standard InChI is InChI=1S/C15H24N4O4S/c1-11(14(20)16-10-12-6-5-9-23-12)24(21,22)15-18-17-13-7-3-2-4-8-19(13)15/h11-12H,2-10H2,1H3,(H,16,20). The van der Waals surface area contributed by atoms with Gasteiger partial charge in [-0.3, -0.25) is 4.79 Å². The highest BCUT2D eigenvalue weighted by atomic mass is 32.2. The Morgan fingerprint density at radius 2 is 2.17 bits per heavy atom. The summed E-state index contributed by atoms with van der Waals surface area (Å²) in [5.74, 6) is 0.175. The SMILES string of the molecule is CC(C(=O)NCC1CCCO1)S(=O)(=O)c1nnc2n1CCCCC2. The molecule has 1 N–H and O–H groups in total. The van der Waals surface area contributed by atoms with Crippen LogP contribution in [0.2, 0.25) is 0 Å². The number of nitrogens with zero attached hydrogens (tertiary/aromatic N) is 3. The molecule has 0 spiro atoms. The molecule has 0 bridgehead atoms. The zero-order valence-electron chi connectivity index (χ0n) is 13.9. The largest absolute Gasteiger partial charge is 0.376 e. The molecule has 1 aromatic heterocycles. The van der Waals surface area contributed by atoms with Gasteiger partial charge in [0.2, 0.25) is 15.7 Å². The second kappa shape index (κ2) is 7.18. The van der Waals surface area contributed by atoms with Crippen molar-refractivity contribution in [1.29, 1.82) is 0 Å². The number of amides is 1. The molecule has 1 fully saturated rings. The molecule has 2 atom stereocenters. The fourth-order valence-corrected chi connectivity index (χ4v) is 4.47. The van der Waals surface area contributed by atoms with Crippen molar-refractivity contribution in [1.82, 2.24) is 20.1 Å². The van der Waals surface area contributed by atoms with E-state index in [1.165, 1.54) is 6.92 Å². The number of carbonyl (C=O) groups is 1. The summed E-state index contributed by atoms with van der Waals surface area (Å²) in [5.41, 5.74) is 0. The molecule has 3 heterocycles. The molecule has 24 heavy (non-hydrogen) atoms. The van der Waals surface area contributed by atoms with Gasteiger partial charge in [-0.25, -0.2) is 8.42 Å². The van der Waals surface area contributed by atoms with Gasteiger partial charge in [-0.15, -0.1) is 10.2 Å². The summed E-state index contributed by atoms with van der Waals surface area (Å²) in [5, 5.41) is 9.29.